The predicted octanol–water partition coefficient (Wildman–Crippen LogP) is 4.49. The van der Waals surface area contributed by atoms with Crippen LogP contribution < -0.4 is 0 Å². The molecule has 0 amide bonds. The van der Waals surface area contributed by atoms with Gasteiger partial charge in [-0.1, -0.05) is 46.5 Å². The molecule has 2 aliphatic rings. The molecule has 14 heavy (non-hydrogen) atoms. The van der Waals surface area contributed by atoms with E-state index in [2.05, 4.69) is 20.8 Å². The van der Waals surface area contributed by atoms with E-state index in [0.717, 1.165) is 29.6 Å². The minimum absolute atomic E-state index is 0.967. The van der Waals surface area contributed by atoms with Crippen LogP contribution in [0.5, 0.6) is 0 Å². The van der Waals surface area contributed by atoms with Crippen LogP contribution in [0.15, 0.2) is 0 Å². The molecule has 2 aliphatic carbocycles. The summed E-state index contributed by atoms with van der Waals surface area (Å²) in [4.78, 5) is 0. The Balaban J connectivity index is 1.85. The Morgan fingerprint density at radius 1 is 0.857 bits per heavy atom. The van der Waals surface area contributed by atoms with E-state index in [-0.39, 0.29) is 0 Å². The molecule has 0 aromatic rings. The Morgan fingerprint density at radius 2 is 1.57 bits per heavy atom. The van der Waals surface area contributed by atoms with Crippen molar-refractivity contribution in [1.82, 2.24) is 0 Å². The van der Waals surface area contributed by atoms with Crippen molar-refractivity contribution >= 4 is 0 Å². The van der Waals surface area contributed by atoms with Gasteiger partial charge in [0, 0.05) is 0 Å². The van der Waals surface area contributed by atoms with Gasteiger partial charge in [-0.15, -0.1) is 0 Å². The highest BCUT2D eigenvalue weighted by molar-refractivity contribution is 4.84. The van der Waals surface area contributed by atoms with E-state index < -0.39 is 0 Å². The summed E-state index contributed by atoms with van der Waals surface area (Å²) in [7, 11) is 0. The third-order valence-corrected chi connectivity index (χ3v) is 5.32. The average molecular weight is 194 g/mol. The summed E-state index contributed by atoms with van der Waals surface area (Å²) in [6, 6.07) is 0. The summed E-state index contributed by atoms with van der Waals surface area (Å²) < 4.78 is 0. The first-order valence-electron chi connectivity index (χ1n) is 6.68. The molecular formula is C14H26. The van der Waals surface area contributed by atoms with Crippen LogP contribution in [0.2, 0.25) is 0 Å². The predicted molar refractivity (Wildman–Crippen MR) is 62.2 cm³/mol. The van der Waals surface area contributed by atoms with Gasteiger partial charge in [-0.05, 0) is 42.4 Å². The quantitative estimate of drug-likeness (QED) is 0.607. The van der Waals surface area contributed by atoms with Crippen LogP contribution in [0.1, 0.15) is 59.3 Å². The van der Waals surface area contributed by atoms with Gasteiger partial charge in [0.15, 0.2) is 0 Å². The van der Waals surface area contributed by atoms with E-state index in [9.17, 15) is 0 Å². The molecule has 0 spiro atoms. The Labute approximate surface area is 89.5 Å². The van der Waals surface area contributed by atoms with Crippen molar-refractivity contribution < 1.29 is 0 Å². The molecule has 0 aliphatic heterocycles. The van der Waals surface area contributed by atoms with Gasteiger partial charge in [0.25, 0.3) is 0 Å². The first-order chi connectivity index (χ1) is 6.68. The molecule has 0 bridgehead atoms. The van der Waals surface area contributed by atoms with Crippen LogP contribution >= 0.6 is 0 Å². The molecule has 0 saturated heterocycles. The average Bonchev–Trinajstić information content (AvgIpc) is 2.10. The van der Waals surface area contributed by atoms with Gasteiger partial charge in [-0.3, -0.25) is 0 Å². The molecule has 0 heterocycles. The first-order valence-corrected chi connectivity index (χ1v) is 6.68. The Hall–Kier alpha value is 0. The lowest BCUT2D eigenvalue weighted by molar-refractivity contribution is 0.0916. The van der Waals surface area contributed by atoms with Crippen LogP contribution in [-0.4, -0.2) is 0 Å². The lowest BCUT2D eigenvalue weighted by Crippen LogP contribution is -2.32. The lowest BCUT2D eigenvalue weighted by atomic mass is 9.64. The summed E-state index contributed by atoms with van der Waals surface area (Å²) in [5.41, 5.74) is 0. The monoisotopic (exact) mass is 194 g/mol. The number of hydrogen-bond donors (Lipinski definition) is 0. The highest BCUT2D eigenvalue weighted by atomic mass is 14.4. The van der Waals surface area contributed by atoms with E-state index in [1.54, 1.807) is 6.42 Å². The van der Waals surface area contributed by atoms with Gasteiger partial charge >= 0.3 is 0 Å². The highest BCUT2D eigenvalue weighted by Crippen LogP contribution is 2.44. The topological polar surface area (TPSA) is 0 Å². The smallest absolute Gasteiger partial charge is 0.0383 e. The van der Waals surface area contributed by atoms with Gasteiger partial charge in [0.2, 0.25) is 0 Å². The van der Waals surface area contributed by atoms with E-state index in [1.807, 2.05) is 0 Å². The summed E-state index contributed by atoms with van der Waals surface area (Å²) >= 11 is 0. The van der Waals surface area contributed by atoms with Crippen LogP contribution in [0.4, 0.5) is 0 Å². The molecule has 2 rings (SSSR count). The first kappa shape index (κ1) is 10.5. The van der Waals surface area contributed by atoms with E-state index in [4.69, 9.17) is 0 Å². The number of hydrogen-bond acceptors (Lipinski definition) is 0. The molecule has 0 nitrogen and oxygen atoms in total. The maximum Gasteiger partial charge on any atom is -0.0383 e. The van der Waals surface area contributed by atoms with E-state index >= 15 is 0 Å². The fraction of sp³-hybridized carbons (Fsp3) is 1.00. The summed E-state index contributed by atoms with van der Waals surface area (Å²) in [5.74, 6) is 5.10. The van der Waals surface area contributed by atoms with Crippen molar-refractivity contribution in [2.45, 2.75) is 59.3 Å². The second-order valence-corrected chi connectivity index (χ2v) is 6.07. The standard InChI is InChI=1S/C14H26/c1-10-7-8-14(12(3)11(10)2)9-13-5-4-6-13/h10-14H,4-9H2,1-3H3. The zero-order valence-electron chi connectivity index (χ0n) is 10.1. The molecule has 2 saturated carbocycles. The molecular weight excluding hydrogens is 168 g/mol. The minimum atomic E-state index is 0.967. The fourth-order valence-corrected chi connectivity index (χ4v) is 3.44. The molecule has 82 valence electrons. The molecule has 0 radical (unpaired) electrons. The lowest BCUT2D eigenvalue weighted by Gasteiger charge is -2.41. The van der Waals surface area contributed by atoms with Crippen molar-refractivity contribution in [3.05, 3.63) is 0 Å². The van der Waals surface area contributed by atoms with Crippen LogP contribution in [-0.2, 0) is 0 Å². The third kappa shape index (κ3) is 1.99. The van der Waals surface area contributed by atoms with Crippen LogP contribution in [0.25, 0.3) is 0 Å². The van der Waals surface area contributed by atoms with E-state index in [1.165, 1.54) is 32.1 Å². The largest absolute Gasteiger partial charge is 0.0622 e. The second-order valence-electron chi connectivity index (χ2n) is 6.07. The Bertz CT molecular complexity index is 180. The molecule has 4 atom stereocenters. The van der Waals surface area contributed by atoms with Crippen molar-refractivity contribution in [1.29, 1.82) is 0 Å². The normalized spacial score (nSPS) is 44.8. The maximum absolute atomic E-state index is 2.50. The van der Waals surface area contributed by atoms with Crippen molar-refractivity contribution in [3.63, 3.8) is 0 Å². The number of rotatable bonds is 2. The zero-order chi connectivity index (χ0) is 10.1. The van der Waals surface area contributed by atoms with Crippen LogP contribution in [0, 0.1) is 29.6 Å². The van der Waals surface area contributed by atoms with Gasteiger partial charge in [0.05, 0.1) is 0 Å². The van der Waals surface area contributed by atoms with Gasteiger partial charge in [-0.2, -0.15) is 0 Å². The van der Waals surface area contributed by atoms with Gasteiger partial charge < -0.3 is 0 Å². The SMILES string of the molecule is CC1CCC(CC2CCC2)C(C)C1C. The molecule has 0 heteroatoms. The highest BCUT2D eigenvalue weighted by Gasteiger charge is 2.33. The summed E-state index contributed by atoms with van der Waals surface area (Å²) in [5, 5.41) is 0. The summed E-state index contributed by atoms with van der Waals surface area (Å²) in [6.07, 6.45) is 9.14. The molecule has 2 fully saturated rings. The Kier molecular flexibility index (Phi) is 3.19. The fourth-order valence-electron chi connectivity index (χ4n) is 3.44. The molecule has 0 aromatic heterocycles. The third-order valence-electron chi connectivity index (χ3n) is 5.32. The van der Waals surface area contributed by atoms with Gasteiger partial charge in [-0.25, -0.2) is 0 Å². The van der Waals surface area contributed by atoms with Crippen molar-refractivity contribution in [3.8, 4) is 0 Å². The Morgan fingerprint density at radius 3 is 2.14 bits per heavy atom. The molecule has 4 unspecified atom stereocenters. The summed E-state index contributed by atoms with van der Waals surface area (Å²) in [6.45, 7) is 7.42. The van der Waals surface area contributed by atoms with Crippen molar-refractivity contribution in [2.75, 3.05) is 0 Å². The molecule has 0 aromatic carbocycles. The zero-order valence-corrected chi connectivity index (χ0v) is 10.1. The van der Waals surface area contributed by atoms with Crippen molar-refractivity contribution in [2.24, 2.45) is 29.6 Å². The van der Waals surface area contributed by atoms with Crippen LogP contribution in [0.3, 0.4) is 0 Å². The minimum Gasteiger partial charge on any atom is -0.0622 e. The van der Waals surface area contributed by atoms with E-state index in [0.29, 0.717) is 0 Å². The molecule has 0 N–H and O–H groups in total. The van der Waals surface area contributed by atoms with Gasteiger partial charge in [0.1, 0.15) is 0 Å². The second kappa shape index (κ2) is 4.24. The maximum atomic E-state index is 2.50.